The normalized spacial score (nSPS) is 27.1. The van der Waals surface area contributed by atoms with Gasteiger partial charge in [-0.3, -0.25) is 24.1 Å². The molecule has 3 fully saturated rings. The van der Waals surface area contributed by atoms with Gasteiger partial charge in [-0.05, 0) is 66.3 Å². The maximum atomic E-state index is 15.3. The number of hydrogen-bond acceptors (Lipinski definition) is 6. The zero-order valence-corrected chi connectivity index (χ0v) is 27.9. The number of amides is 4. The summed E-state index contributed by atoms with van der Waals surface area (Å²) in [5.74, 6) is -5.27. The number of halogens is 1. The Bertz CT molecular complexity index is 2130. The summed E-state index contributed by atoms with van der Waals surface area (Å²) in [6.07, 6.45) is 4.06. The molecule has 6 atom stereocenters. The number of fused-ring (bicyclic) bond motifs is 4. The van der Waals surface area contributed by atoms with Crippen molar-refractivity contribution in [3.05, 3.63) is 137 Å². The first kappa shape index (κ1) is 31.8. The molecule has 0 bridgehead atoms. The number of aromatic hydroxyl groups is 1. The molecule has 4 aliphatic rings. The topological polar surface area (TPSA) is 104 Å². The maximum Gasteiger partial charge on any atom is 0.246 e. The van der Waals surface area contributed by atoms with E-state index in [2.05, 4.69) is 6.58 Å². The van der Waals surface area contributed by atoms with Crippen molar-refractivity contribution in [2.45, 2.75) is 24.2 Å². The lowest BCUT2D eigenvalue weighted by Gasteiger charge is -2.50. The summed E-state index contributed by atoms with van der Waals surface area (Å²) < 4.78 is 5.54. The van der Waals surface area contributed by atoms with Crippen LogP contribution in [0.2, 0.25) is 5.02 Å². The van der Waals surface area contributed by atoms with Crippen LogP contribution in [0.3, 0.4) is 0 Å². The van der Waals surface area contributed by atoms with Gasteiger partial charge >= 0.3 is 0 Å². The Morgan fingerprint density at radius 2 is 1.58 bits per heavy atom. The van der Waals surface area contributed by atoms with Crippen LogP contribution in [0.15, 0.2) is 115 Å². The van der Waals surface area contributed by atoms with Crippen LogP contribution in [-0.2, 0) is 24.6 Å². The lowest BCUT2D eigenvalue weighted by Crippen LogP contribution is -2.53. The molecule has 4 aromatic carbocycles. The smallest absolute Gasteiger partial charge is 0.246 e. The highest BCUT2D eigenvalue weighted by Gasteiger charge is 2.70. The van der Waals surface area contributed by atoms with E-state index in [1.807, 2.05) is 36.4 Å². The van der Waals surface area contributed by atoms with E-state index in [-0.39, 0.29) is 36.2 Å². The first-order valence-electron chi connectivity index (χ1n) is 16.6. The molecule has 1 saturated carbocycles. The highest BCUT2D eigenvalue weighted by Crippen LogP contribution is 2.65. The van der Waals surface area contributed by atoms with Gasteiger partial charge in [-0.2, -0.15) is 0 Å². The van der Waals surface area contributed by atoms with Crippen LogP contribution in [0.25, 0.3) is 6.08 Å². The summed E-state index contributed by atoms with van der Waals surface area (Å²) in [6.45, 7) is 3.79. The van der Waals surface area contributed by atoms with Crippen LogP contribution in [0.5, 0.6) is 11.5 Å². The van der Waals surface area contributed by atoms with Crippen LogP contribution < -0.4 is 14.5 Å². The van der Waals surface area contributed by atoms with Gasteiger partial charge in [0.2, 0.25) is 23.6 Å². The van der Waals surface area contributed by atoms with E-state index in [1.165, 1.54) is 16.9 Å². The van der Waals surface area contributed by atoms with Crippen LogP contribution in [-0.4, -0.2) is 35.8 Å². The van der Waals surface area contributed by atoms with Crippen LogP contribution in [0.1, 0.15) is 35.4 Å². The zero-order valence-electron chi connectivity index (χ0n) is 27.2. The van der Waals surface area contributed by atoms with Gasteiger partial charge in [-0.25, -0.2) is 4.90 Å². The molecule has 8 rings (SSSR count). The molecule has 2 saturated heterocycles. The van der Waals surface area contributed by atoms with Gasteiger partial charge in [0.1, 0.15) is 0 Å². The Hall–Kier alpha value is -5.47. The minimum absolute atomic E-state index is 0.146. The lowest BCUT2D eigenvalue weighted by atomic mass is 9.49. The number of imide groups is 2. The Morgan fingerprint density at radius 1 is 0.840 bits per heavy atom. The SMILES string of the molecule is C=Cc1ccc(N2C(=O)[C@H]3[C@H](CC=C4[C@H]3C[C@H]3C(=O)N(c5cccc(Cl)c5)C(=O)[C@@]3(c3ccccc3)[C@H]4c3cccc(OC)c3O)C2=O)cc1. The molecule has 1 N–H and O–H groups in total. The number of benzene rings is 4. The van der Waals surface area contributed by atoms with E-state index in [9.17, 15) is 19.5 Å². The fraction of sp³-hybridized carbons (Fsp3) is 0.220. The van der Waals surface area contributed by atoms with E-state index in [0.29, 0.717) is 27.5 Å². The fourth-order valence-electron chi connectivity index (χ4n) is 9.04. The molecule has 4 aromatic rings. The molecule has 50 heavy (non-hydrogen) atoms. The monoisotopic (exact) mass is 684 g/mol. The Kier molecular flexibility index (Phi) is 7.53. The quantitative estimate of drug-likeness (QED) is 0.172. The number of methoxy groups -OCH3 is 1. The molecule has 0 radical (unpaired) electrons. The molecular weight excluding hydrogens is 652 g/mol. The molecule has 0 aromatic heterocycles. The molecule has 2 aliphatic heterocycles. The zero-order chi connectivity index (χ0) is 34.9. The van der Waals surface area contributed by atoms with E-state index in [4.69, 9.17) is 16.3 Å². The molecular formula is C41H33ClN2O6. The van der Waals surface area contributed by atoms with Gasteiger partial charge in [-0.1, -0.05) is 96.6 Å². The van der Waals surface area contributed by atoms with Crippen LogP contribution >= 0.6 is 11.6 Å². The fourth-order valence-corrected chi connectivity index (χ4v) is 9.22. The second-order valence-corrected chi connectivity index (χ2v) is 13.7. The Balaban J connectivity index is 1.36. The second-order valence-electron chi connectivity index (χ2n) is 13.3. The van der Waals surface area contributed by atoms with Gasteiger partial charge < -0.3 is 9.84 Å². The standard InChI is InChI=1S/C41H33ClN2O6/c1-3-23-15-17-26(18-16-23)43-37(46)29-20-19-28-31(34(29)39(43)48)22-32-38(47)44(27-12-7-11-25(42)21-27)40(49)41(32,24-9-5-4-6-10-24)35(28)30-13-8-14-33(50-2)36(30)45/h3-19,21,29,31-32,34-35,45H,1,20,22H2,2H3/t29-,31+,32-,34-,35+,41+/m0/s1. The number of phenolic OH excluding ortho intramolecular Hbond substituents is 1. The molecule has 4 amide bonds. The van der Waals surface area contributed by atoms with Gasteiger partial charge in [0.05, 0.1) is 41.7 Å². The van der Waals surface area contributed by atoms with Crippen molar-refractivity contribution in [2.24, 2.45) is 23.7 Å². The number of anilines is 2. The number of carbonyl (C=O) groups excluding carboxylic acids is 4. The number of phenols is 1. The largest absolute Gasteiger partial charge is 0.504 e. The van der Waals surface area contributed by atoms with Crippen molar-refractivity contribution >= 4 is 52.7 Å². The van der Waals surface area contributed by atoms with Crippen LogP contribution in [0.4, 0.5) is 11.4 Å². The third-order valence-corrected chi connectivity index (χ3v) is 11.4. The minimum atomic E-state index is -1.51. The molecule has 8 nitrogen and oxygen atoms in total. The number of hydrogen-bond donors (Lipinski definition) is 1. The predicted molar refractivity (Wildman–Crippen MR) is 190 cm³/mol. The molecule has 2 aliphatic carbocycles. The van der Waals surface area contributed by atoms with E-state index >= 15 is 4.79 Å². The van der Waals surface area contributed by atoms with E-state index in [1.54, 1.807) is 72.8 Å². The van der Waals surface area contributed by atoms with Crippen molar-refractivity contribution in [3.8, 4) is 11.5 Å². The first-order valence-corrected chi connectivity index (χ1v) is 17.0. The van der Waals surface area contributed by atoms with Crippen molar-refractivity contribution < 1.29 is 29.0 Å². The van der Waals surface area contributed by atoms with Crippen molar-refractivity contribution in [1.29, 1.82) is 0 Å². The van der Waals surface area contributed by atoms with Gasteiger partial charge in [0, 0.05) is 16.5 Å². The first-order chi connectivity index (χ1) is 24.2. The molecule has 2 heterocycles. The average molecular weight is 685 g/mol. The summed E-state index contributed by atoms with van der Waals surface area (Å²) >= 11 is 6.39. The molecule has 0 spiro atoms. The number of rotatable bonds is 6. The average Bonchev–Trinajstić information content (AvgIpc) is 3.53. The molecule has 9 heteroatoms. The summed E-state index contributed by atoms with van der Waals surface area (Å²) in [6, 6.07) is 28.0. The number of carbonyl (C=O) groups is 4. The number of nitrogens with zero attached hydrogens (tertiary/aromatic N) is 2. The minimum Gasteiger partial charge on any atom is -0.504 e. The number of allylic oxidation sites excluding steroid dienone is 2. The third-order valence-electron chi connectivity index (χ3n) is 11.1. The summed E-state index contributed by atoms with van der Waals surface area (Å²) in [5.41, 5.74) is 1.90. The van der Waals surface area contributed by atoms with Crippen LogP contribution in [0, 0.1) is 23.7 Å². The summed E-state index contributed by atoms with van der Waals surface area (Å²) in [7, 11) is 1.45. The number of para-hydroxylation sites is 1. The third kappa shape index (κ3) is 4.37. The number of ether oxygens (including phenoxy) is 1. The Morgan fingerprint density at radius 3 is 2.28 bits per heavy atom. The summed E-state index contributed by atoms with van der Waals surface area (Å²) in [5, 5.41) is 12.1. The highest BCUT2D eigenvalue weighted by molar-refractivity contribution is 6.32. The van der Waals surface area contributed by atoms with Crippen molar-refractivity contribution in [1.82, 2.24) is 0 Å². The van der Waals surface area contributed by atoms with E-state index < -0.39 is 46.8 Å². The second kappa shape index (κ2) is 11.8. The molecule has 0 unspecified atom stereocenters. The highest BCUT2D eigenvalue weighted by atomic mass is 35.5. The van der Waals surface area contributed by atoms with Crippen molar-refractivity contribution in [3.63, 3.8) is 0 Å². The predicted octanol–water partition coefficient (Wildman–Crippen LogP) is 7.06. The Labute approximate surface area is 294 Å². The summed E-state index contributed by atoms with van der Waals surface area (Å²) in [4.78, 5) is 61.2. The van der Waals surface area contributed by atoms with Crippen molar-refractivity contribution in [2.75, 3.05) is 16.9 Å². The molecule has 250 valence electrons. The van der Waals surface area contributed by atoms with Gasteiger partial charge in [0.15, 0.2) is 11.5 Å². The van der Waals surface area contributed by atoms with Gasteiger partial charge in [0.25, 0.3) is 0 Å². The van der Waals surface area contributed by atoms with E-state index in [0.717, 1.165) is 11.1 Å². The van der Waals surface area contributed by atoms with Gasteiger partial charge in [-0.15, -0.1) is 0 Å². The lowest BCUT2D eigenvalue weighted by molar-refractivity contribution is -0.127. The maximum absolute atomic E-state index is 15.3.